The van der Waals surface area contributed by atoms with E-state index in [1.807, 2.05) is 30.3 Å². The van der Waals surface area contributed by atoms with E-state index in [1.165, 1.54) is 12.1 Å². The molecule has 0 radical (unpaired) electrons. The lowest BCUT2D eigenvalue weighted by Gasteiger charge is -2.28. The number of halogens is 1. The number of anilines is 1. The first-order chi connectivity index (χ1) is 12.0. The predicted molar refractivity (Wildman–Crippen MR) is 93.0 cm³/mol. The summed E-state index contributed by atoms with van der Waals surface area (Å²) in [5.41, 5.74) is 0.841. The molecule has 0 bridgehead atoms. The second-order valence-corrected chi connectivity index (χ2v) is 6.49. The quantitative estimate of drug-likeness (QED) is 0.867. The molecule has 130 valence electrons. The summed E-state index contributed by atoms with van der Waals surface area (Å²) < 4.78 is 14.0. The molecule has 0 saturated heterocycles. The van der Waals surface area contributed by atoms with E-state index in [0.29, 0.717) is 5.69 Å². The van der Waals surface area contributed by atoms with Gasteiger partial charge in [-0.3, -0.25) is 9.59 Å². The van der Waals surface area contributed by atoms with Crippen molar-refractivity contribution in [3.8, 4) is 0 Å². The maximum Gasteiger partial charge on any atom is 0.307 e. The van der Waals surface area contributed by atoms with Crippen LogP contribution in [0.2, 0.25) is 0 Å². The predicted octanol–water partition coefficient (Wildman–Crippen LogP) is 3.90. The average Bonchev–Trinajstić information content (AvgIpc) is 3.09. The molecule has 2 N–H and O–H groups in total. The van der Waals surface area contributed by atoms with Gasteiger partial charge in [0.25, 0.3) is 0 Å². The molecule has 3 rings (SSSR count). The first-order valence-corrected chi connectivity index (χ1v) is 8.38. The largest absolute Gasteiger partial charge is 0.481 e. The number of hydrogen-bond acceptors (Lipinski definition) is 2. The average molecular weight is 341 g/mol. The number of carbonyl (C=O) groups excluding carboxylic acids is 1. The number of rotatable bonds is 5. The van der Waals surface area contributed by atoms with E-state index in [1.54, 1.807) is 6.07 Å². The van der Waals surface area contributed by atoms with Crippen molar-refractivity contribution in [1.82, 2.24) is 0 Å². The minimum atomic E-state index is -1.09. The molecule has 0 unspecified atom stereocenters. The van der Waals surface area contributed by atoms with Crippen LogP contribution < -0.4 is 5.32 Å². The zero-order valence-corrected chi connectivity index (χ0v) is 13.8. The first-order valence-electron chi connectivity index (χ1n) is 8.38. The number of hydrogen-bond donors (Lipinski definition) is 2. The number of amides is 1. The number of carbonyl (C=O) groups is 2. The van der Waals surface area contributed by atoms with Crippen LogP contribution in [0.25, 0.3) is 0 Å². The van der Waals surface area contributed by atoms with Crippen LogP contribution in [-0.4, -0.2) is 17.0 Å². The Hall–Kier alpha value is -2.69. The summed E-state index contributed by atoms with van der Waals surface area (Å²) >= 11 is 0. The van der Waals surface area contributed by atoms with Gasteiger partial charge in [-0.15, -0.1) is 0 Å². The summed E-state index contributed by atoms with van der Waals surface area (Å²) in [6.45, 7) is 0. The second-order valence-electron chi connectivity index (χ2n) is 6.49. The third-order valence-corrected chi connectivity index (χ3v) is 4.87. The standard InChI is InChI=1S/C20H20FNO3/c21-17-13-16(9-8-14(17)12-18(23)24)22-19(25)20(10-4-5-11-20)15-6-2-1-3-7-15/h1-3,6-9,13H,4-5,10-12H2,(H,22,25)(H,23,24). The Morgan fingerprint density at radius 3 is 2.36 bits per heavy atom. The molecule has 0 heterocycles. The normalized spacial score (nSPS) is 15.7. The van der Waals surface area contributed by atoms with Gasteiger partial charge in [0.1, 0.15) is 5.82 Å². The van der Waals surface area contributed by atoms with Crippen LogP contribution >= 0.6 is 0 Å². The van der Waals surface area contributed by atoms with Crippen molar-refractivity contribution >= 4 is 17.6 Å². The van der Waals surface area contributed by atoms with E-state index in [9.17, 15) is 14.0 Å². The lowest BCUT2D eigenvalue weighted by atomic mass is 9.78. The number of carboxylic acid groups (broad SMARTS) is 1. The van der Waals surface area contributed by atoms with Crippen LogP contribution in [0, 0.1) is 5.82 Å². The van der Waals surface area contributed by atoms with Gasteiger partial charge in [-0.1, -0.05) is 49.2 Å². The Morgan fingerprint density at radius 2 is 1.76 bits per heavy atom. The number of carboxylic acids is 1. The number of aliphatic carboxylic acids is 1. The lowest BCUT2D eigenvalue weighted by Crippen LogP contribution is -2.38. The van der Waals surface area contributed by atoms with Crippen LogP contribution in [-0.2, 0) is 21.4 Å². The summed E-state index contributed by atoms with van der Waals surface area (Å²) in [5, 5.41) is 11.6. The Labute approximate surface area is 145 Å². The van der Waals surface area contributed by atoms with Crippen LogP contribution in [0.3, 0.4) is 0 Å². The molecule has 0 aromatic heterocycles. The van der Waals surface area contributed by atoms with Gasteiger partial charge in [0, 0.05) is 5.69 Å². The maximum absolute atomic E-state index is 14.0. The van der Waals surface area contributed by atoms with Crippen molar-refractivity contribution < 1.29 is 19.1 Å². The van der Waals surface area contributed by atoms with Gasteiger partial charge in [-0.25, -0.2) is 4.39 Å². The zero-order valence-electron chi connectivity index (χ0n) is 13.8. The highest BCUT2D eigenvalue weighted by Gasteiger charge is 2.42. The smallest absolute Gasteiger partial charge is 0.307 e. The van der Waals surface area contributed by atoms with Gasteiger partial charge in [-0.2, -0.15) is 0 Å². The summed E-state index contributed by atoms with van der Waals surface area (Å²) in [5.74, 6) is -1.85. The molecule has 1 saturated carbocycles. The molecule has 1 amide bonds. The van der Waals surface area contributed by atoms with Gasteiger partial charge in [0.05, 0.1) is 11.8 Å². The zero-order chi connectivity index (χ0) is 17.9. The molecule has 1 fully saturated rings. The number of benzene rings is 2. The molecular weight excluding hydrogens is 321 g/mol. The Bertz CT molecular complexity index is 783. The van der Waals surface area contributed by atoms with Gasteiger partial charge >= 0.3 is 5.97 Å². The summed E-state index contributed by atoms with van der Waals surface area (Å²) in [6, 6.07) is 13.8. The summed E-state index contributed by atoms with van der Waals surface area (Å²) in [4.78, 5) is 23.7. The van der Waals surface area contributed by atoms with E-state index in [2.05, 4.69) is 5.32 Å². The van der Waals surface area contributed by atoms with Crippen molar-refractivity contribution in [1.29, 1.82) is 0 Å². The van der Waals surface area contributed by atoms with E-state index in [-0.39, 0.29) is 17.9 Å². The fourth-order valence-electron chi connectivity index (χ4n) is 3.56. The third kappa shape index (κ3) is 3.55. The van der Waals surface area contributed by atoms with Crippen LogP contribution in [0.15, 0.2) is 48.5 Å². The first kappa shape index (κ1) is 17.1. The Kier molecular flexibility index (Phi) is 4.83. The van der Waals surface area contributed by atoms with Crippen molar-refractivity contribution in [2.45, 2.75) is 37.5 Å². The molecule has 0 aliphatic heterocycles. The highest BCUT2D eigenvalue weighted by molar-refractivity contribution is 5.99. The fraction of sp³-hybridized carbons (Fsp3) is 0.300. The molecule has 25 heavy (non-hydrogen) atoms. The van der Waals surface area contributed by atoms with Crippen molar-refractivity contribution in [2.75, 3.05) is 5.32 Å². The van der Waals surface area contributed by atoms with Gasteiger partial charge < -0.3 is 10.4 Å². The van der Waals surface area contributed by atoms with E-state index >= 15 is 0 Å². The monoisotopic (exact) mass is 341 g/mol. The molecular formula is C20H20FNO3. The van der Waals surface area contributed by atoms with Gasteiger partial charge in [0.2, 0.25) is 5.91 Å². The summed E-state index contributed by atoms with van der Waals surface area (Å²) in [7, 11) is 0. The topological polar surface area (TPSA) is 66.4 Å². The Balaban J connectivity index is 1.83. The van der Waals surface area contributed by atoms with E-state index in [0.717, 1.165) is 31.2 Å². The van der Waals surface area contributed by atoms with E-state index < -0.39 is 17.2 Å². The highest BCUT2D eigenvalue weighted by Crippen LogP contribution is 2.42. The SMILES string of the molecule is O=C(O)Cc1ccc(NC(=O)C2(c3ccccc3)CCCC2)cc1F. The minimum Gasteiger partial charge on any atom is -0.481 e. The summed E-state index contributed by atoms with van der Waals surface area (Å²) in [6.07, 6.45) is 3.11. The third-order valence-electron chi connectivity index (χ3n) is 4.87. The fourth-order valence-corrected chi connectivity index (χ4v) is 3.56. The Morgan fingerprint density at radius 1 is 1.08 bits per heavy atom. The molecule has 0 spiro atoms. The van der Waals surface area contributed by atoms with Gasteiger partial charge in [-0.05, 0) is 36.1 Å². The minimum absolute atomic E-state index is 0.101. The van der Waals surface area contributed by atoms with Gasteiger partial charge in [0.15, 0.2) is 0 Å². The lowest BCUT2D eigenvalue weighted by molar-refractivity contribution is -0.136. The van der Waals surface area contributed by atoms with Crippen molar-refractivity contribution in [2.24, 2.45) is 0 Å². The highest BCUT2D eigenvalue weighted by atomic mass is 19.1. The molecule has 4 nitrogen and oxygen atoms in total. The molecule has 1 aliphatic carbocycles. The molecule has 2 aromatic carbocycles. The second kappa shape index (κ2) is 7.05. The van der Waals surface area contributed by atoms with Crippen molar-refractivity contribution in [3.05, 3.63) is 65.5 Å². The molecule has 2 aromatic rings. The molecule has 1 aliphatic rings. The molecule has 0 atom stereocenters. The number of nitrogens with one attached hydrogen (secondary N) is 1. The maximum atomic E-state index is 14.0. The van der Waals surface area contributed by atoms with E-state index in [4.69, 9.17) is 5.11 Å². The van der Waals surface area contributed by atoms with Crippen molar-refractivity contribution in [3.63, 3.8) is 0 Å². The van der Waals surface area contributed by atoms with Crippen LogP contribution in [0.4, 0.5) is 10.1 Å². The molecule has 5 heteroatoms. The van der Waals surface area contributed by atoms with Crippen LogP contribution in [0.5, 0.6) is 0 Å². The van der Waals surface area contributed by atoms with Crippen LogP contribution in [0.1, 0.15) is 36.8 Å².